The molecule has 1 unspecified atom stereocenters. The van der Waals surface area contributed by atoms with E-state index in [1.165, 1.54) is 18.4 Å². The Bertz CT molecular complexity index is 576. The quantitative estimate of drug-likeness (QED) is 0.835. The molecule has 1 aromatic heterocycles. The summed E-state index contributed by atoms with van der Waals surface area (Å²) in [7, 11) is -3.20. The topological polar surface area (TPSA) is 105 Å². The van der Waals surface area contributed by atoms with Crippen molar-refractivity contribution in [3.8, 4) is 0 Å². The van der Waals surface area contributed by atoms with E-state index >= 15 is 0 Å². The Hall–Kier alpha value is -1.83. The van der Waals surface area contributed by atoms with E-state index in [0.717, 1.165) is 4.90 Å². The van der Waals surface area contributed by atoms with E-state index in [2.05, 4.69) is 0 Å². The summed E-state index contributed by atoms with van der Waals surface area (Å²) in [5, 5.41) is 8.85. The van der Waals surface area contributed by atoms with Crippen LogP contribution in [0.15, 0.2) is 22.8 Å². The first-order valence-electron chi connectivity index (χ1n) is 5.66. The van der Waals surface area contributed by atoms with Crippen molar-refractivity contribution < 1.29 is 27.5 Å². The van der Waals surface area contributed by atoms with Gasteiger partial charge in [0.1, 0.15) is 6.54 Å². The summed E-state index contributed by atoms with van der Waals surface area (Å²) in [6.45, 7) is -0.542. The maximum Gasteiger partial charge on any atom is 0.323 e. The zero-order valence-electron chi connectivity index (χ0n) is 9.98. The van der Waals surface area contributed by atoms with E-state index in [-0.39, 0.29) is 23.7 Å². The van der Waals surface area contributed by atoms with Gasteiger partial charge in [0.05, 0.1) is 17.8 Å². The van der Waals surface area contributed by atoms with E-state index in [9.17, 15) is 18.0 Å². The minimum atomic E-state index is -3.20. The third-order valence-corrected chi connectivity index (χ3v) is 4.70. The van der Waals surface area contributed by atoms with Gasteiger partial charge in [0, 0.05) is 6.04 Å². The highest BCUT2D eigenvalue weighted by atomic mass is 32.2. The first-order chi connectivity index (χ1) is 8.89. The largest absolute Gasteiger partial charge is 0.480 e. The van der Waals surface area contributed by atoms with Crippen molar-refractivity contribution in [2.24, 2.45) is 0 Å². The van der Waals surface area contributed by atoms with Gasteiger partial charge in [0.2, 0.25) is 0 Å². The van der Waals surface area contributed by atoms with Gasteiger partial charge < -0.3 is 14.4 Å². The number of furan rings is 1. The standard InChI is InChI=1S/C11H13NO6S/c13-10(14)6-12(8-3-5-19(16,17)7-8)11(15)9-2-1-4-18-9/h1-2,4,8H,3,5-7H2,(H,13,14). The van der Waals surface area contributed by atoms with Crippen molar-refractivity contribution in [2.45, 2.75) is 12.5 Å². The summed E-state index contributed by atoms with van der Waals surface area (Å²) in [6, 6.07) is 2.32. The Kier molecular flexibility index (Phi) is 3.61. The van der Waals surface area contributed by atoms with Crippen LogP contribution in [0, 0.1) is 0 Å². The maximum absolute atomic E-state index is 12.1. The number of nitrogens with zero attached hydrogens (tertiary/aromatic N) is 1. The average molecular weight is 287 g/mol. The SMILES string of the molecule is O=C(O)CN(C(=O)c1ccco1)C1CCS(=O)(=O)C1. The zero-order chi connectivity index (χ0) is 14.0. The number of aliphatic carboxylic acids is 1. The third-order valence-electron chi connectivity index (χ3n) is 2.95. The molecule has 1 amide bonds. The van der Waals surface area contributed by atoms with Crippen LogP contribution in [0.1, 0.15) is 17.0 Å². The second-order valence-electron chi connectivity index (χ2n) is 4.36. The van der Waals surface area contributed by atoms with Crippen LogP contribution in [0.25, 0.3) is 0 Å². The van der Waals surface area contributed by atoms with E-state index in [1.807, 2.05) is 0 Å². The predicted octanol–water partition coefficient (Wildman–Crippen LogP) is -0.00650. The molecule has 0 radical (unpaired) electrons. The van der Waals surface area contributed by atoms with Gasteiger partial charge in [-0.2, -0.15) is 0 Å². The molecule has 1 fully saturated rings. The smallest absolute Gasteiger partial charge is 0.323 e. The molecule has 1 aromatic rings. The van der Waals surface area contributed by atoms with Crippen LogP contribution in [0.4, 0.5) is 0 Å². The zero-order valence-corrected chi connectivity index (χ0v) is 10.8. The average Bonchev–Trinajstić information content (AvgIpc) is 2.94. The van der Waals surface area contributed by atoms with Crippen molar-refractivity contribution in [3.63, 3.8) is 0 Å². The lowest BCUT2D eigenvalue weighted by Gasteiger charge is -2.25. The molecule has 0 aromatic carbocycles. The van der Waals surface area contributed by atoms with Crippen LogP contribution in [0.2, 0.25) is 0 Å². The monoisotopic (exact) mass is 287 g/mol. The molecule has 1 N–H and O–H groups in total. The second kappa shape index (κ2) is 5.04. The first-order valence-corrected chi connectivity index (χ1v) is 7.48. The lowest BCUT2D eigenvalue weighted by molar-refractivity contribution is -0.138. The molecule has 2 heterocycles. The summed E-state index contributed by atoms with van der Waals surface area (Å²) in [4.78, 5) is 24.0. The molecule has 19 heavy (non-hydrogen) atoms. The highest BCUT2D eigenvalue weighted by Crippen LogP contribution is 2.20. The number of hydrogen-bond acceptors (Lipinski definition) is 5. The molecule has 1 aliphatic heterocycles. The second-order valence-corrected chi connectivity index (χ2v) is 6.59. The van der Waals surface area contributed by atoms with Gasteiger partial charge in [0.15, 0.2) is 15.6 Å². The number of rotatable bonds is 4. The normalized spacial score (nSPS) is 21.2. The Morgan fingerprint density at radius 3 is 2.68 bits per heavy atom. The van der Waals surface area contributed by atoms with Crippen LogP contribution < -0.4 is 0 Å². The fraction of sp³-hybridized carbons (Fsp3) is 0.455. The summed E-state index contributed by atoms with van der Waals surface area (Å²) in [5.74, 6) is -2.02. The molecule has 0 saturated carbocycles. The number of hydrogen-bond donors (Lipinski definition) is 1. The molecular formula is C11H13NO6S. The van der Waals surface area contributed by atoms with Crippen molar-refractivity contribution in [2.75, 3.05) is 18.1 Å². The van der Waals surface area contributed by atoms with E-state index in [0.29, 0.717) is 0 Å². The van der Waals surface area contributed by atoms with Gasteiger partial charge in [0.25, 0.3) is 5.91 Å². The molecule has 7 nitrogen and oxygen atoms in total. The summed E-state index contributed by atoms with van der Waals surface area (Å²) in [6.07, 6.45) is 1.56. The van der Waals surface area contributed by atoms with Gasteiger partial charge in [-0.25, -0.2) is 8.42 Å². The lowest BCUT2D eigenvalue weighted by Crippen LogP contribution is -2.44. The van der Waals surface area contributed by atoms with Crippen LogP contribution in [-0.2, 0) is 14.6 Å². The summed E-state index contributed by atoms with van der Waals surface area (Å²) < 4.78 is 27.8. The van der Waals surface area contributed by atoms with Crippen molar-refractivity contribution in [3.05, 3.63) is 24.2 Å². The number of carbonyl (C=O) groups is 2. The molecule has 1 atom stereocenters. The molecular weight excluding hydrogens is 274 g/mol. The molecule has 104 valence electrons. The summed E-state index contributed by atoms with van der Waals surface area (Å²) >= 11 is 0. The molecule has 0 aliphatic carbocycles. The number of sulfone groups is 1. The fourth-order valence-corrected chi connectivity index (χ4v) is 3.81. The fourth-order valence-electron chi connectivity index (χ4n) is 2.08. The van der Waals surface area contributed by atoms with E-state index < -0.39 is 34.3 Å². The highest BCUT2D eigenvalue weighted by Gasteiger charge is 2.36. The van der Waals surface area contributed by atoms with E-state index in [1.54, 1.807) is 0 Å². The van der Waals surface area contributed by atoms with Crippen molar-refractivity contribution >= 4 is 21.7 Å². The van der Waals surface area contributed by atoms with Gasteiger partial charge in [-0.05, 0) is 18.6 Å². The minimum absolute atomic E-state index is 0.00514. The number of carboxylic acid groups (broad SMARTS) is 1. The molecule has 0 bridgehead atoms. The lowest BCUT2D eigenvalue weighted by atomic mass is 10.2. The third kappa shape index (κ3) is 3.14. The number of amides is 1. The van der Waals surface area contributed by atoms with E-state index in [4.69, 9.17) is 9.52 Å². The highest BCUT2D eigenvalue weighted by molar-refractivity contribution is 7.91. The van der Waals surface area contributed by atoms with Gasteiger partial charge in [-0.1, -0.05) is 0 Å². The minimum Gasteiger partial charge on any atom is -0.480 e. The van der Waals surface area contributed by atoms with Gasteiger partial charge >= 0.3 is 5.97 Å². The van der Waals surface area contributed by atoms with Gasteiger partial charge in [-0.3, -0.25) is 9.59 Å². The Morgan fingerprint density at radius 2 is 2.21 bits per heavy atom. The molecule has 8 heteroatoms. The number of carboxylic acids is 1. The number of carbonyl (C=O) groups excluding carboxylic acids is 1. The Balaban J connectivity index is 2.21. The van der Waals surface area contributed by atoms with Crippen LogP contribution in [0.5, 0.6) is 0 Å². The van der Waals surface area contributed by atoms with Crippen molar-refractivity contribution in [1.29, 1.82) is 0 Å². The molecule has 0 spiro atoms. The summed E-state index contributed by atoms with van der Waals surface area (Å²) in [5.41, 5.74) is 0. The van der Waals surface area contributed by atoms with Crippen molar-refractivity contribution in [1.82, 2.24) is 4.90 Å². The molecule has 1 saturated heterocycles. The Morgan fingerprint density at radius 1 is 1.47 bits per heavy atom. The van der Waals surface area contributed by atoms with Gasteiger partial charge in [-0.15, -0.1) is 0 Å². The predicted molar refractivity (Wildman–Crippen MR) is 64.4 cm³/mol. The van der Waals surface area contributed by atoms with Crippen LogP contribution in [-0.4, -0.2) is 54.4 Å². The van der Waals surface area contributed by atoms with Crippen LogP contribution >= 0.6 is 0 Å². The van der Waals surface area contributed by atoms with Crippen LogP contribution in [0.3, 0.4) is 0 Å². The Labute approximate surface area is 109 Å². The molecule has 2 rings (SSSR count). The first kappa shape index (κ1) is 13.6. The molecule has 1 aliphatic rings. The maximum atomic E-state index is 12.1.